The van der Waals surface area contributed by atoms with Crippen molar-refractivity contribution in [2.24, 2.45) is 0 Å². The maximum Gasteiger partial charge on any atom is 0.316 e. The van der Waals surface area contributed by atoms with Crippen LogP contribution in [-0.2, 0) is 13.0 Å². The monoisotopic (exact) mass is 267 g/mol. The second-order valence-corrected chi connectivity index (χ2v) is 4.54. The van der Waals surface area contributed by atoms with Crippen molar-refractivity contribution in [3.63, 3.8) is 0 Å². The van der Waals surface area contributed by atoms with Gasteiger partial charge in [0.2, 0.25) is 0 Å². The number of aromatic amines is 1. The molecular formula is C15H13N3O2. The van der Waals surface area contributed by atoms with Gasteiger partial charge in [0.1, 0.15) is 0 Å². The summed E-state index contributed by atoms with van der Waals surface area (Å²) in [7, 11) is 0. The lowest BCUT2D eigenvalue weighted by Crippen LogP contribution is -2.36. The molecule has 0 unspecified atom stereocenters. The van der Waals surface area contributed by atoms with Crippen molar-refractivity contribution in [3.8, 4) is 0 Å². The van der Waals surface area contributed by atoms with E-state index in [0.29, 0.717) is 18.5 Å². The fourth-order valence-electron chi connectivity index (χ4n) is 2.23. The molecule has 100 valence electrons. The molecule has 1 N–H and O–H groups in total. The minimum atomic E-state index is -0.588. The first-order chi connectivity index (χ1) is 9.75. The number of aromatic nitrogens is 3. The van der Waals surface area contributed by atoms with Crippen LogP contribution in [0.25, 0.3) is 11.0 Å². The van der Waals surface area contributed by atoms with Crippen LogP contribution < -0.4 is 11.1 Å². The van der Waals surface area contributed by atoms with Gasteiger partial charge in [-0.05, 0) is 30.2 Å². The van der Waals surface area contributed by atoms with Crippen LogP contribution >= 0.6 is 0 Å². The molecule has 20 heavy (non-hydrogen) atoms. The molecule has 2 aromatic heterocycles. The van der Waals surface area contributed by atoms with Crippen molar-refractivity contribution >= 4 is 11.0 Å². The van der Waals surface area contributed by atoms with E-state index < -0.39 is 11.1 Å². The SMILES string of the molecule is O=c1[nH]c2ccccc2n(CCc2cccnc2)c1=O. The molecule has 3 aromatic rings. The number of rotatable bonds is 3. The second kappa shape index (κ2) is 5.13. The molecule has 0 aliphatic carbocycles. The number of H-pyrrole nitrogens is 1. The summed E-state index contributed by atoms with van der Waals surface area (Å²) in [4.78, 5) is 30.3. The van der Waals surface area contributed by atoms with E-state index >= 15 is 0 Å². The maximum absolute atomic E-state index is 12.0. The highest BCUT2D eigenvalue weighted by Crippen LogP contribution is 2.08. The average Bonchev–Trinajstić information content (AvgIpc) is 2.49. The number of hydrogen-bond donors (Lipinski definition) is 1. The largest absolute Gasteiger partial charge is 0.316 e. The molecule has 0 bridgehead atoms. The van der Waals surface area contributed by atoms with Crippen LogP contribution in [0.4, 0.5) is 0 Å². The fourth-order valence-corrected chi connectivity index (χ4v) is 2.23. The number of nitrogens with one attached hydrogen (secondary N) is 1. The Morgan fingerprint density at radius 3 is 2.75 bits per heavy atom. The summed E-state index contributed by atoms with van der Waals surface area (Å²) in [6, 6.07) is 11.1. The van der Waals surface area contributed by atoms with Gasteiger partial charge in [-0.1, -0.05) is 18.2 Å². The Balaban J connectivity index is 2.04. The lowest BCUT2D eigenvalue weighted by molar-refractivity contribution is 0.684. The van der Waals surface area contributed by atoms with Gasteiger partial charge in [-0.15, -0.1) is 0 Å². The number of nitrogens with zero attached hydrogens (tertiary/aromatic N) is 2. The highest BCUT2D eigenvalue weighted by Gasteiger charge is 2.06. The van der Waals surface area contributed by atoms with Gasteiger partial charge in [-0.3, -0.25) is 14.6 Å². The predicted molar refractivity (Wildman–Crippen MR) is 76.8 cm³/mol. The fraction of sp³-hybridized carbons (Fsp3) is 0.133. The number of fused-ring (bicyclic) bond motifs is 1. The Hall–Kier alpha value is -2.69. The maximum atomic E-state index is 12.0. The molecule has 0 saturated heterocycles. The lowest BCUT2D eigenvalue weighted by Gasteiger charge is -2.09. The molecule has 0 aliphatic rings. The smallest absolute Gasteiger partial charge is 0.316 e. The lowest BCUT2D eigenvalue weighted by atomic mass is 10.2. The van der Waals surface area contributed by atoms with Crippen LogP contribution in [0.3, 0.4) is 0 Å². The Morgan fingerprint density at radius 2 is 1.95 bits per heavy atom. The first kappa shape index (κ1) is 12.3. The highest BCUT2D eigenvalue weighted by atomic mass is 16.2. The predicted octanol–water partition coefficient (Wildman–Crippen LogP) is 1.33. The number of benzene rings is 1. The summed E-state index contributed by atoms with van der Waals surface area (Å²) >= 11 is 0. The summed E-state index contributed by atoms with van der Waals surface area (Å²) in [5, 5.41) is 0. The van der Waals surface area contributed by atoms with Crippen LogP contribution in [0.5, 0.6) is 0 Å². The van der Waals surface area contributed by atoms with E-state index in [1.54, 1.807) is 18.5 Å². The first-order valence-electron chi connectivity index (χ1n) is 6.36. The normalized spacial score (nSPS) is 10.8. The minimum absolute atomic E-state index is 0.453. The summed E-state index contributed by atoms with van der Waals surface area (Å²) in [6.07, 6.45) is 4.12. The Labute approximate surface area is 114 Å². The van der Waals surface area contributed by atoms with Crippen molar-refractivity contribution < 1.29 is 0 Å². The summed E-state index contributed by atoms with van der Waals surface area (Å²) in [5.41, 5.74) is 1.33. The molecule has 3 rings (SSSR count). The zero-order valence-electron chi connectivity index (χ0n) is 10.7. The summed E-state index contributed by atoms with van der Waals surface area (Å²) in [6.45, 7) is 0.453. The number of pyridine rings is 1. The number of hydrogen-bond acceptors (Lipinski definition) is 3. The van der Waals surface area contributed by atoms with Crippen LogP contribution in [0.2, 0.25) is 0 Å². The molecule has 0 radical (unpaired) electrons. The van der Waals surface area contributed by atoms with E-state index in [2.05, 4.69) is 9.97 Å². The van der Waals surface area contributed by atoms with E-state index in [9.17, 15) is 9.59 Å². The molecule has 2 heterocycles. The van der Waals surface area contributed by atoms with Gasteiger partial charge in [0.05, 0.1) is 11.0 Å². The van der Waals surface area contributed by atoms with Crippen LogP contribution in [-0.4, -0.2) is 14.5 Å². The van der Waals surface area contributed by atoms with Gasteiger partial charge in [-0.25, -0.2) is 0 Å². The third-order valence-corrected chi connectivity index (χ3v) is 3.23. The summed E-state index contributed by atoms with van der Waals surface area (Å²) < 4.78 is 1.52. The number of aryl methyl sites for hydroxylation is 2. The van der Waals surface area contributed by atoms with Crippen molar-refractivity contribution in [2.45, 2.75) is 13.0 Å². The molecule has 0 fully saturated rings. The molecule has 5 nitrogen and oxygen atoms in total. The first-order valence-corrected chi connectivity index (χ1v) is 6.36. The summed E-state index contributed by atoms with van der Waals surface area (Å²) in [5.74, 6) is 0. The zero-order valence-corrected chi connectivity index (χ0v) is 10.7. The van der Waals surface area contributed by atoms with E-state index in [1.807, 2.05) is 30.3 Å². The van der Waals surface area contributed by atoms with Crippen LogP contribution in [0.15, 0.2) is 58.4 Å². The molecule has 1 aromatic carbocycles. The Morgan fingerprint density at radius 1 is 1.10 bits per heavy atom. The van der Waals surface area contributed by atoms with Gasteiger partial charge >= 0.3 is 11.1 Å². The van der Waals surface area contributed by atoms with Gasteiger partial charge in [-0.2, -0.15) is 0 Å². The molecular weight excluding hydrogens is 254 g/mol. The minimum Gasteiger partial charge on any atom is -0.316 e. The molecule has 0 saturated carbocycles. The van der Waals surface area contributed by atoms with E-state index in [0.717, 1.165) is 11.1 Å². The van der Waals surface area contributed by atoms with Crippen molar-refractivity contribution in [1.82, 2.24) is 14.5 Å². The van der Waals surface area contributed by atoms with Crippen molar-refractivity contribution in [3.05, 3.63) is 75.1 Å². The van der Waals surface area contributed by atoms with Crippen molar-refractivity contribution in [2.75, 3.05) is 0 Å². The average molecular weight is 267 g/mol. The van der Waals surface area contributed by atoms with E-state index in [1.165, 1.54) is 4.57 Å². The Kier molecular flexibility index (Phi) is 3.16. The third kappa shape index (κ3) is 2.25. The molecule has 0 aliphatic heterocycles. The topological polar surface area (TPSA) is 67.8 Å². The van der Waals surface area contributed by atoms with Gasteiger partial charge < -0.3 is 9.55 Å². The van der Waals surface area contributed by atoms with Gasteiger partial charge in [0.15, 0.2) is 0 Å². The molecule has 0 spiro atoms. The second-order valence-electron chi connectivity index (χ2n) is 4.54. The number of para-hydroxylation sites is 2. The van der Waals surface area contributed by atoms with Gasteiger partial charge in [0.25, 0.3) is 0 Å². The van der Waals surface area contributed by atoms with E-state index in [4.69, 9.17) is 0 Å². The standard InChI is InChI=1S/C15H13N3O2/c19-14-15(20)18(9-7-11-4-3-8-16-10-11)13-6-2-1-5-12(13)17-14/h1-6,8,10H,7,9H2,(H,17,19). The Bertz CT molecular complexity index is 850. The van der Waals surface area contributed by atoms with Gasteiger partial charge in [0, 0.05) is 18.9 Å². The zero-order chi connectivity index (χ0) is 13.9. The molecule has 0 atom stereocenters. The van der Waals surface area contributed by atoms with Crippen molar-refractivity contribution in [1.29, 1.82) is 0 Å². The molecule has 0 amide bonds. The van der Waals surface area contributed by atoms with Crippen LogP contribution in [0.1, 0.15) is 5.56 Å². The quantitative estimate of drug-likeness (QED) is 0.728. The molecule has 5 heteroatoms. The highest BCUT2D eigenvalue weighted by molar-refractivity contribution is 5.74. The third-order valence-electron chi connectivity index (χ3n) is 3.23. The van der Waals surface area contributed by atoms with E-state index in [-0.39, 0.29) is 0 Å². The van der Waals surface area contributed by atoms with Crippen LogP contribution in [0, 0.1) is 0 Å².